The minimum absolute atomic E-state index is 0. The first-order valence-electron chi connectivity index (χ1n) is 6.85. The summed E-state index contributed by atoms with van der Waals surface area (Å²) in [6, 6.07) is 12.0. The molecule has 1 fully saturated rings. The number of hydrogen-bond donors (Lipinski definition) is 1. The van der Waals surface area contributed by atoms with Crippen LogP contribution in [0.1, 0.15) is 12.8 Å². The Bertz CT molecular complexity index is 567. The fraction of sp³-hybridized carbons (Fsp3) is 0.375. The van der Waals surface area contributed by atoms with Crippen LogP contribution < -0.4 is 10.1 Å². The zero-order valence-electron chi connectivity index (χ0n) is 11.3. The molecule has 0 bridgehead atoms. The third-order valence-electron chi connectivity index (χ3n) is 3.70. The number of ether oxygens (including phenoxy) is 1. The first-order valence-corrected chi connectivity index (χ1v) is 7.23. The van der Waals surface area contributed by atoms with Crippen molar-refractivity contribution < 1.29 is 4.74 Å². The molecule has 1 heterocycles. The predicted molar refractivity (Wildman–Crippen MR) is 87.3 cm³/mol. The number of piperidine rings is 1. The maximum absolute atomic E-state index is 6.21. The van der Waals surface area contributed by atoms with E-state index in [9.17, 15) is 0 Å². The van der Waals surface area contributed by atoms with Gasteiger partial charge < -0.3 is 10.1 Å². The third kappa shape index (κ3) is 3.38. The molecule has 0 spiro atoms. The van der Waals surface area contributed by atoms with Crippen molar-refractivity contribution in [3.63, 3.8) is 0 Å². The molecule has 0 radical (unpaired) electrons. The van der Waals surface area contributed by atoms with E-state index in [1.807, 2.05) is 30.3 Å². The summed E-state index contributed by atoms with van der Waals surface area (Å²) < 4.78 is 6.02. The molecule has 108 valence electrons. The fourth-order valence-corrected chi connectivity index (χ4v) is 2.86. The van der Waals surface area contributed by atoms with Gasteiger partial charge in [-0.15, -0.1) is 12.4 Å². The summed E-state index contributed by atoms with van der Waals surface area (Å²) >= 11 is 6.21. The van der Waals surface area contributed by atoms with Crippen LogP contribution in [0.4, 0.5) is 0 Å². The summed E-state index contributed by atoms with van der Waals surface area (Å²) in [6.07, 6.45) is 2.49. The van der Waals surface area contributed by atoms with Crippen molar-refractivity contribution in [1.29, 1.82) is 0 Å². The van der Waals surface area contributed by atoms with Crippen molar-refractivity contribution in [1.82, 2.24) is 5.32 Å². The summed E-state index contributed by atoms with van der Waals surface area (Å²) in [5, 5.41) is 6.35. The highest BCUT2D eigenvalue weighted by atomic mass is 35.5. The lowest BCUT2D eigenvalue weighted by molar-refractivity contribution is 0.220. The van der Waals surface area contributed by atoms with Gasteiger partial charge in [-0.25, -0.2) is 0 Å². The van der Waals surface area contributed by atoms with Gasteiger partial charge in [0.15, 0.2) is 0 Å². The maximum atomic E-state index is 6.21. The van der Waals surface area contributed by atoms with Gasteiger partial charge in [0.1, 0.15) is 5.75 Å². The minimum Gasteiger partial charge on any atom is -0.493 e. The molecule has 20 heavy (non-hydrogen) atoms. The van der Waals surface area contributed by atoms with Gasteiger partial charge in [-0.05, 0) is 31.5 Å². The SMILES string of the molecule is Cl.Clc1ccc(OCC2CCCNC2)c2ccccc12. The van der Waals surface area contributed by atoms with Crippen LogP contribution in [0.3, 0.4) is 0 Å². The van der Waals surface area contributed by atoms with Crippen LogP contribution in [0.15, 0.2) is 36.4 Å². The molecule has 1 atom stereocenters. The lowest BCUT2D eigenvalue weighted by atomic mass is 10.0. The van der Waals surface area contributed by atoms with E-state index < -0.39 is 0 Å². The first-order chi connectivity index (χ1) is 9.34. The molecule has 1 aliphatic heterocycles. The van der Waals surface area contributed by atoms with Gasteiger partial charge in [-0.3, -0.25) is 0 Å². The van der Waals surface area contributed by atoms with E-state index in [1.165, 1.54) is 12.8 Å². The smallest absolute Gasteiger partial charge is 0.127 e. The van der Waals surface area contributed by atoms with Crippen LogP contribution in [0.2, 0.25) is 5.02 Å². The Morgan fingerprint density at radius 1 is 1.15 bits per heavy atom. The van der Waals surface area contributed by atoms with E-state index in [0.29, 0.717) is 5.92 Å². The third-order valence-corrected chi connectivity index (χ3v) is 4.03. The highest BCUT2D eigenvalue weighted by Gasteiger charge is 2.14. The van der Waals surface area contributed by atoms with Crippen LogP contribution in [-0.4, -0.2) is 19.7 Å². The molecule has 1 saturated heterocycles. The Hall–Kier alpha value is -0.960. The van der Waals surface area contributed by atoms with E-state index in [0.717, 1.165) is 41.2 Å². The average Bonchev–Trinajstić information content (AvgIpc) is 2.48. The number of fused-ring (bicyclic) bond motifs is 1. The maximum Gasteiger partial charge on any atom is 0.127 e. The molecular formula is C16H19Cl2NO. The van der Waals surface area contributed by atoms with Crippen molar-refractivity contribution in [2.24, 2.45) is 5.92 Å². The van der Waals surface area contributed by atoms with E-state index in [2.05, 4.69) is 11.4 Å². The van der Waals surface area contributed by atoms with Crippen molar-refractivity contribution in [3.8, 4) is 5.75 Å². The second-order valence-corrected chi connectivity index (χ2v) is 5.52. The van der Waals surface area contributed by atoms with Crippen molar-refractivity contribution >= 4 is 34.8 Å². The van der Waals surface area contributed by atoms with Gasteiger partial charge >= 0.3 is 0 Å². The molecule has 0 aliphatic carbocycles. The zero-order valence-corrected chi connectivity index (χ0v) is 12.8. The quantitative estimate of drug-likeness (QED) is 0.912. The van der Waals surface area contributed by atoms with Gasteiger partial charge in [0.2, 0.25) is 0 Å². The number of hydrogen-bond acceptors (Lipinski definition) is 2. The Kier molecular flexibility index (Phi) is 5.53. The van der Waals surface area contributed by atoms with Crippen LogP contribution >= 0.6 is 24.0 Å². The average molecular weight is 312 g/mol. The van der Waals surface area contributed by atoms with E-state index in [4.69, 9.17) is 16.3 Å². The van der Waals surface area contributed by atoms with Crippen LogP contribution in [0.25, 0.3) is 10.8 Å². The topological polar surface area (TPSA) is 21.3 Å². The number of benzene rings is 2. The van der Waals surface area contributed by atoms with Crippen molar-refractivity contribution in [2.75, 3.05) is 19.7 Å². The Morgan fingerprint density at radius 3 is 2.70 bits per heavy atom. The largest absolute Gasteiger partial charge is 0.493 e. The molecule has 1 unspecified atom stereocenters. The second kappa shape index (κ2) is 7.16. The zero-order chi connectivity index (χ0) is 13.1. The molecule has 3 rings (SSSR count). The van der Waals surface area contributed by atoms with Crippen LogP contribution in [0, 0.1) is 5.92 Å². The number of rotatable bonds is 3. The summed E-state index contributed by atoms with van der Waals surface area (Å²) in [5.41, 5.74) is 0. The standard InChI is InChI=1S/C16H18ClNO.ClH/c17-15-7-8-16(14-6-2-1-5-13(14)15)19-11-12-4-3-9-18-10-12;/h1-2,5-8,12,18H,3-4,9-11H2;1H. The Balaban J connectivity index is 0.00000147. The second-order valence-electron chi connectivity index (χ2n) is 5.11. The van der Waals surface area contributed by atoms with E-state index in [1.54, 1.807) is 0 Å². The van der Waals surface area contributed by atoms with E-state index in [-0.39, 0.29) is 12.4 Å². The van der Waals surface area contributed by atoms with E-state index >= 15 is 0 Å². The lowest BCUT2D eigenvalue weighted by Gasteiger charge is -2.23. The highest BCUT2D eigenvalue weighted by Crippen LogP contribution is 2.31. The summed E-state index contributed by atoms with van der Waals surface area (Å²) in [5.74, 6) is 1.55. The Morgan fingerprint density at radius 2 is 1.95 bits per heavy atom. The summed E-state index contributed by atoms with van der Waals surface area (Å²) in [7, 11) is 0. The number of halogens is 2. The minimum atomic E-state index is 0. The molecule has 0 aromatic heterocycles. The molecule has 2 aromatic rings. The van der Waals surface area contributed by atoms with Gasteiger partial charge in [0.05, 0.1) is 6.61 Å². The number of nitrogens with one attached hydrogen (secondary N) is 1. The molecule has 4 heteroatoms. The summed E-state index contributed by atoms with van der Waals surface area (Å²) in [6.45, 7) is 2.98. The normalized spacial score (nSPS) is 18.6. The van der Waals surface area contributed by atoms with Crippen molar-refractivity contribution in [2.45, 2.75) is 12.8 Å². The van der Waals surface area contributed by atoms with Gasteiger partial charge in [-0.2, -0.15) is 0 Å². The molecule has 0 amide bonds. The fourth-order valence-electron chi connectivity index (χ4n) is 2.63. The summed E-state index contributed by atoms with van der Waals surface area (Å²) in [4.78, 5) is 0. The van der Waals surface area contributed by atoms with Crippen molar-refractivity contribution in [3.05, 3.63) is 41.4 Å². The molecular weight excluding hydrogens is 293 g/mol. The predicted octanol–water partition coefficient (Wildman–Crippen LogP) is 4.29. The molecule has 1 N–H and O–H groups in total. The Labute approximate surface area is 130 Å². The molecule has 1 aliphatic rings. The first kappa shape index (κ1) is 15.4. The highest BCUT2D eigenvalue weighted by molar-refractivity contribution is 6.35. The lowest BCUT2D eigenvalue weighted by Crippen LogP contribution is -2.33. The van der Waals surface area contributed by atoms with Crippen LogP contribution in [-0.2, 0) is 0 Å². The molecule has 2 aromatic carbocycles. The van der Waals surface area contributed by atoms with Gasteiger partial charge in [-0.1, -0.05) is 35.9 Å². The van der Waals surface area contributed by atoms with Gasteiger partial charge in [0, 0.05) is 28.3 Å². The molecule has 2 nitrogen and oxygen atoms in total. The van der Waals surface area contributed by atoms with Crippen LogP contribution in [0.5, 0.6) is 5.75 Å². The molecule has 0 saturated carbocycles. The monoisotopic (exact) mass is 311 g/mol. The van der Waals surface area contributed by atoms with Gasteiger partial charge in [0.25, 0.3) is 0 Å².